The number of nitrogens with one attached hydrogen (secondary N) is 3. The molecule has 27 heavy (non-hydrogen) atoms. The van der Waals surface area contributed by atoms with Crippen LogP contribution in [0.2, 0.25) is 0 Å². The molecule has 2 aromatic heterocycles. The van der Waals surface area contributed by atoms with Gasteiger partial charge in [0.1, 0.15) is 17.0 Å². The number of fused-ring (bicyclic) bond motifs is 1. The number of benzene rings is 1. The fraction of sp³-hybridized carbons (Fsp3) is 0.400. The van der Waals surface area contributed by atoms with Crippen molar-refractivity contribution in [3.05, 3.63) is 41.7 Å². The number of hydrogen-bond acceptors (Lipinski definition) is 4. The fourth-order valence-corrected chi connectivity index (χ4v) is 2.87. The molecule has 144 valence electrons. The van der Waals surface area contributed by atoms with Gasteiger partial charge in [0.05, 0.1) is 11.9 Å². The van der Waals surface area contributed by atoms with Crippen molar-refractivity contribution in [1.29, 1.82) is 0 Å². The highest BCUT2D eigenvalue weighted by Gasteiger charge is 2.28. The number of nitrogens with two attached hydrogens (primary N) is 1. The topological polar surface area (TPSA) is 100 Å². The molecule has 7 heteroatoms. The monoisotopic (exact) mass is 368 g/mol. The number of carbonyl (C=O) groups excluding carboxylic acids is 1. The van der Waals surface area contributed by atoms with E-state index in [1.165, 1.54) is 0 Å². The molecule has 0 spiro atoms. The Balaban J connectivity index is 2.02. The van der Waals surface area contributed by atoms with Gasteiger partial charge in [-0.25, -0.2) is 0 Å². The Hall–Kier alpha value is -2.96. The molecule has 3 aromatic rings. The van der Waals surface area contributed by atoms with E-state index < -0.39 is 0 Å². The van der Waals surface area contributed by atoms with E-state index in [2.05, 4.69) is 62.3 Å². The molecular formula is C20H28N6O. The second-order valence-corrected chi connectivity index (χ2v) is 8.87. The minimum absolute atomic E-state index is 0.140. The number of amides is 1. The summed E-state index contributed by atoms with van der Waals surface area (Å²) in [6.45, 7) is 12.7. The summed E-state index contributed by atoms with van der Waals surface area (Å²) in [5, 5.41) is 10.9. The van der Waals surface area contributed by atoms with E-state index in [1.54, 1.807) is 35.0 Å². The van der Waals surface area contributed by atoms with Gasteiger partial charge in [0.25, 0.3) is 5.91 Å². The third-order valence-electron chi connectivity index (χ3n) is 4.12. The molecule has 0 aliphatic rings. The summed E-state index contributed by atoms with van der Waals surface area (Å²) < 4.78 is 1.77. The second kappa shape index (κ2) is 6.33. The van der Waals surface area contributed by atoms with Crippen LogP contribution >= 0.6 is 0 Å². The summed E-state index contributed by atoms with van der Waals surface area (Å²) in [7, 11) is 0. The molecule has 0 bridgehead atoms. The zero-order valence-electron chi connectivity index (χ0n) is 16.8. The lowest BCUT2D eigenvalue weighted by atomic mass is 9.91. The van der Waals surface area contributed by atoms with Gasteiger partial charge in [0.2, 0.25) is 0 Å². The van der Waals surface area contributed by atoms with Crippen molar-refractivity contribution in [3.8, 4) is 0 Å². The van der Waals surface area contributed by atoms with Crippen LogP contribution in [0.3, 0.4) is 0 Å². The predicted molar refractivity (Wildman–Crippen MR) is 110 cm³/mol. The number of H-pyrrole nitrogens is 1. The van der Waals surface area contributed by atoms with Gasteiger partial charge in [-0.15, -0.1) is 0 Å². The Labute approximate surface area is 159 Å². The summed E-state index contributed by atoms with van der Waals surface area (Å²) in [6, 6.07) is 7.05. The number of hydrogen-bond donors (Lipinski definition) is 4. The molecule has 0 aliphatic heterocycles. The third kappa shape index (κ3) is 3.92. The molecule has 0 radical (unpaired) electrons. The number of nitrogens with zero attached hydrogens (tertiary/aromatic N) is 2. The molecule has 1 aromatic carbocycles. The van der Waals surface area contributed by atoms with Crippen molar-refractivity contribution < 1.29 is 4.79 Å². The molecule has 5 N–H and O–H groups in total. The summed E-state index contributed by atoms with van der Waals surface area (Å²) in [4.78, 5) is 16.2. The van der Waals surface area contributed by atoms with Crippen LogP contribution in [0.5, 0.6) is 0 Å². The molecule has 0 saturated carbocycles. The van der Waals surface area contributed by atoms with E-state index in [1.807, 2.05) is 0 Å². The van der Waals surface area contributed by atoms with Crippen LogP contribution in [0.25, 0.3) is 5.65 Å². The lowest BCUT2D eigenvalue weighted by Gasteiger charge is -2.25. The van der Waals surface area contributed by atoms with Crippen molar-refractivity contribution in [2.45, 2.75) is 52.5 Å². The van der Waals surface area contributed by atoms with Crippen LogP contribution in [-0.4, -0.2) is 26.0 Å². The molecule has 2 heterocycles. The van der Waals surface area contributed by atoms with E-state index in [0.29, 0.717) is 22.6 Å². The SMILES string of the molecule is CC(C)(C)Nc1c(C(C)(C)C)[nH]c2c(C(=O)Nc3ccc(N)cc3)cnn12. The highest BCUT2D eigenvalue weighted by molar-refractivity contribution is 6.08. The Morgan fingerprint density at radius 1 is 1.11 bits per heavy atom. The lowest BCUT2D eigenvalue weighted by molar-refractivity contribution is 0.102. The quantitative estimate of drug-likeness (QED) is 0.525. The van der Waals surface area contributed by atoms with Crippen molar-refractivity contribution in [2.75, 3.05) is 16.4 Å². The minimum atomic E-state index is -0.223. The van der Waals surface area contributed by atoms with Gasteiger partial charge < -0.3 is 21.4 Å². The van der Waals surface area contributed by atoms with Crippen molar-refractivity contribution in [3.63, 3.8) is 0 Å². The number of aromatic amines is 1. The first kappa shape index (κ1) is 18.8. The third-order valence-corrected chi connectivity index (χ3v) is 4.12. The van der Waals surface area contributed by atoms with Crippen molar-refractivity contribution in [1.82, 2.24) is 14.6 Å². The Morgan fingerprint density at radius 2 is 1.74 bits per heavy atom. The summed E-state index contributed by atoms with van der Waals surface area (Å²) in [5.41, 5.74) is 8.90. The second-order valence-electron chi connectivity index (χ2n) is 8.87. The molecule has 0 aliphatic carbocycles. The predicted octanol–water partition coefficient (Wildman–Crippen LogP) is 4.00. The largest absolute Gasteiger partial charge is 0.399 e. The van der Waals surface area contributed by atoms with Crippen LogP contribution in [0.4, 0.5) is 17.2 Å². The van der Waals surface area contributed by atoms with E-state index in [4.69, 9.17) is 5.73 Å². The highest BCUT2D eigenvalue weighted by atomic mass is 16.1. The Morgan fingerprint density at radius 3 is 2.30 bits per heavy atom. The number of nitrogen functional groups attached to an aromatic ring is 1. The highest BCUT2D eigenvalue weighted by Crippen LogP contribution is 2.32. The summed E-state index contributed by atoms with van der Waals surface area (Å²) in [6.07, 6.45) is 1.58. The van der Waals surface area contributed by atoms with E-state index in [-0.39, 0.29) is 16.9 Å². The number of rotatable bonds is 3. The van der Waals surface area contributed by atoms with Crippen LogP contribution < -0.4 is 16.4 Å². The van der Waals surface area contributed by atoms with Gasteiger partial charge in [-0.1, -0.05) is 20.8 Å². The first-order chi connectivity index (χ1) is 12.5. The zero-order chi connectivity index (χ0) is 20.0. The van der Waals surface area contributed by atoms with E-state index in [9.17, 15) is 4.79 Å². The maximum absolute atomic E-state index is 12.8. The van der Waals surface area contributed by atoms with Gasteiger partial charge in [-0.05, 0) is 45.0 Å². The van der Waals surface area contributed by atoms with Gasteiger partial charge >= 0.3 is 0 Å². The van der Waals surface area contributed by atoms with Gasteiger partial charge in [0.15, 0.2) is 0 Å². The Kier molecular flexibility index (Phi) is 4.41. The smallest absolute Gasteiger partial charge is 0.261 e. The maximum atomic E-state index is 12.8. The summed E-state index contributed by atoms with van der Waals surface area (Å²) in [5.74, 6) is 0.648. The standard InChI is InChI=1S/C20H28N6O/c1-19(2,3)15-17(25-20(4,5)6)26-16(24-15)14(11-22-26)18(27)23-13-9-7-12(21)8-10-13/h7-11,24-25H,21H2,1-6H3,(H,23,27). The molecule has 0 atom stereocenters. The zero-order valence-corrected chi connectivity index (χ0v) is 16.8. The lowest BCUT2D eigenvalue weighted by Crippen LogP contribution is -2.29. The summed E-state index contributed by atoms with van der Waals surface area (Å²) >= 11 is 0. The molecular weight excluding hydrogens is 340 g/mol. The normalized spacial score (nSPS) is 12.4. The van der Waals surface area contributed by atoms with Crippen LogP contribution in [0.15, 0.2) is 30.5 Å². The van der Waals surface area contributed by atoms with Crippen LogP contribution in [-0.2, 0) is 5.41 Å². The first-order valence-corrected chi connectivity index (χ1v) is 9.01. The molecule has 3 rings (SSSR count). The molecule has 0 unspecified atom stereocenters. The number of aromatic nitrogens is 3. The van der Waals surface area contributed by atoms with Gasteiger partial charge in [-0.3, -0.25) is 4.79 Å². The molecule has 0 saturated heterocycles. The maximum Gasteiger partial charge on any atom is 0.261 e. The molecule has 1 amide bonds. The number of imidazole rings is 1. The first-order valence-electron chi connectivity index (χ1n) is 9.01. The van der Waals surface area contributed by atoms with E-state index >= 15 is 0 Å². The molecule has 0 fully saturated rings. The van der Waals surface area contributed by atoms with E-state index in [0.717, 1.165) is 11.5 Å². The van der Waals surface area contributed by atoms with Crippen LogP contribution in [0.1, 0.15) is 57.6 Å². The number of anilines is 3. The van der Waals surface area contributed by atoms with Crippen molar-refractivity contribution >= 4 is 28.7 Å². The number of carbonyl (C=O) groups is 1. The molecule has 7 nitrogen and oxygen atoms in total. The van der Waals surface area contributed by atoms with Crippen LogP contribution in [0, 0.1) is 0 Å². The Bertz CT molecular complexity index is 967. The average Bonchev–Trinajstić information content (AvgIpc) is 3.08. The van der Waals surface area contributed by atoms with Gasteiger partial charge in [-0.2, -0.15) is 9.61 Å². The fourth-order valence-electron chi connectivity index (χ4n) is 2.87. The average molecular weight is 368 g/mol. The van der Waals surface area contributed by atoms with Gasteiger partial charge in [0, 0.05) is 22.3 Å². The van der Waals surface area contributed by atoms with Crippen molar-refractivity contribution in [2.24, 2.45) is 0 Å². The minimum Gasteiger partial charge on any atom is -0.399 e.